The minimum atomic E-state index is 0.438. The molecule has 70 valence electrons. The predicted octanol–water partition coefficient (Wildman–Crippen LogP) is 2.44. The molecule has 0 amide bonds. The molecule has 1 aromatic heterocycles. The van der Waals surface area contributed by atoms with E-state index in [4.69, 9.17) is 0 Å². The number of hydrogen-bond acceptors (Lipinski definition) is 3. The molecule has 1 aliphatic rings. The molecular formula is C10H13NOS. The molecule has 1 aromatic rings. The molecule has 2 nitrogen and oxygen atoms in total. The van der Waals surface area contributed by atoms with Crippen molar-refractivity contribution in [3.05, 3.63) is 16.6 Å². The van der Waals surface area contributed by atoms with Gasteiger partial charge in [-0.3, -0.25) is 4.79 Å². The van der Waals surface area contributed by atoms with Crippen LogP contribution in [0.1, 0.15) is 30.7 Å². The fourth-order valence-corrected chi connectivity index (χ4v) is 2.62. The van der Waals surface area contributed by atoms with Crippen LogP contribution in [0.4, 0.5) is 0 Å². The molecule has 0 radical (unpaired) electrons. The third-order valence-electron chi connectivity index (χ3n) is 2.53. The van der Waals surface area contributed by atoms with Crippen molar-refractivity contribution >= 4 is 17.1 Å². The summed E-state index contributed by atoms with van der Waals surface area (Å²) in [6, 6.07) is 0. The van der Waals surface area contributed by atoms with Crippen LogP contribution in [0.2, 0.25) is 0 Å². The Morgan fingerprint density at radius 2 is 2.54 bits per heavy atom. The van der Waals surface area contributed by atoms with E-state index in [0.29, 0.717) is 11.7 Å². The Labute approximate surface area is 82.0 Å². The quantitative estimate of drug-likeness (QED) is 0.725. The van der Waals surface area contributed by atoms with Crippen LogP contribution >= 0.6 is 11.3 Å². The van der Waals surface area contributed by atoms with Gasteiger partial charge in [0.2, 0.25) is 0 Å². The van der Waals surface area contributed by atoms with E-state index in [1.165, 1.54) is 11.4 Å². The van der Waals surface area contributed by atoms with Crippen molar-refractivity contribution in [2.75, 3.05) is 0 Å². The monoisotopic (exact) mass is 195 g/mol. The first-order valence-electron chi connectivity index (χ1n) is 4.74. The van der Waals surface area contributed by atoms with Crippen LogP contribution in [0.15, 0.2) is 11.6 Å². The molecule has 1 atom stereocenters. The Morgan fingerprint density at radius 3 is 3.23 bits per heavy atom. The summed E-state index contributed by atoms with van der Waals surface area (Å²) in [6.07, 6.45) is 6.70. The molecule has 1 unspecified atom stereocenters. The lowest BCUT2D eigenvalue weighted by molar-refractivity contribution is -0.121. The fourth-order valence-electron chi connectivity index (χ4n) is 1.89. The van der Waals surface area contributed by atoms with Gasteiger partial charge in [-0.15, -0.1) is 11.3 Å². The number of ketones is 1. The largest absolute Gasteiger partial charge is 0.300 e. The number of thiazole rings is 1. The zero-order valence-corrected chi connectivity index (χ0v) is 8.35. The van der Waals surface area contributed by atoms with Crippen molar-refractivity contribution in [3.8, 4) is 0 Å². The molecule has 0 saturated heterocycles. The second kappa shape index (κ2) is 4.01. The lowest BCUT2D eigenvalue weighted by Crippen LogP contribution is -2.16. The van der Waals surface area contributed by atoms with Crippen molar-refractivity contribution in [2.24, 2.45) is 5.92 Å². The maximum absolute atomic E-state index is 11.2. The lowest BCUT2D eigenvalue weighted by atomic mass is 9.86. The normalized spacial score (nSPS) is 23.4. The van der Waals surface area contributed by atoms with Gasteiger partial charge in [-0.25, -0.2) is 4.98 Å². The Morgan fingerprint density at radius 1 is 1.62 bits per heavy atom. The van der Waals surface area contributed by atoms with Gasteiger partial charge in [-0.05, 0) is 18.8 Å². The van der Waals surface area contributed by atoms with Crippen LogP contribution in [-0.2, 0) is 11.2 Å². The van der Waals surface area contributed by atoms with E-state index in [-0.39, 0.29) is 0 Å². The van der Waals surface area contributed by atoms with Gasteiger partial charge in [-0.1, -0.05) is 0 Å². The number of rotatable bonds is 2. The summed E-state index contributed by atoms with van der Waals surface area (Å²) >= 11 is 1.70. The van der Waals surface area contributed by atoms with Gasteiger partial charge in [0.15, 0.2) is 0 Å². The van der Waals surface area contributed by atoms with Crippen LogP contribution in [-0.4, -0.2) is 10.8 Å². The topological polar surface area (TPSA) is 30.0 Å². The number of aromatic nitrogens is 1. The summed E-state index contributed by atoms with van der Waals surface area (Å²) < 4.78 is 0. The molecule has 0 aliphatic heterocycles. The highest BCUT2D eigenvalue weighted by atomic mass is 32.1. The highest BCUT2D eigenvalue weighted by Crippen LogP contribution is 2.25. The van der Waals surface area contributed by atoms with Crippen LogP contribution in [0.3, 0.4) is 0 Å². The predicted molar refractivity (Wildman–Crippen MR) is 52.8 cm³/mol. The zero-order chi connectivity index (χ0) is 9.10. The molecular weight excluding hydrogens is 182 g/mol. The molecule has 0 spiro atoms. The maximum atomic E-state index is 11.2. The second-order valence-corrected chi connectivity index (χ2v) is 4.61. The summed E-state index contributed by atoms with van der Waals surface area (Å²) in [7, 11) is 0. The number of Topliss-reactive ketones (excluding diaryl/α,β-unsaturated/α-hetero) is 1. The fraction of sp³-hybridized carbons (Fsp3) is 0.600. The van der Waals surface area contributed by atoms with E-state index >= 15 is 0 Å². The van der Waals surface area contributed by atoms with Crippen LogP contribution in [0, 0.1) is 5.92 Å². The summed E-state index contributed by atoms with van der Waals surface area (Å²) in [4.78, 5) is 15.4. The molecule has 0 bridgehead atoms. The second-order valence-electron chi connectivity index (χ2n) is 3.63. The summed E-state index contributed by atoms with van der Waals surface area (Å²) in [6.45, 7) is 0. The molecule has 1 heterocycles. The number of carbonyl (C=O) groups is 1. The highest BCUT2D eigenvalue weighted by molar-refractivity contribution is 7.09. The Balaban J connectivity index is 1.91. The van der Waals surface area contributed by atoms with E-state index in [1.807, 2.05) is 11.6 Å². The van der Waals surface area contributed by atoms with Crippen molar-refractivity contribution in [1.82, 2.24) is 4.98 Å². The Bertz CT molecular complexity index is 281. The number of carbonyl (C=O) groups excluding carboxylic acids is 1. The zero-order valence-electron chi connectivity index (χ0n) is 7.53. The molecule has 2 rings (SSSR count). The smallest absolute Gasteiger partial charge is 0.133 e. The van der Waals surface area contributed by atoms with Gasteiger partial charge < -0.3 is 0 Å². The third-order valence-corrected chi connectivity index (χ3v) is 3.33. The van der Waals surface area contributed by atoms with E-state index < -0.39 is 0 Å². The average Bonchev–Trinajstić information content (AvgIpc) is 2.57. The third kappa shape index (κ3) is 2.37. The van der Waals surface area contributed by atoms with E-state index in [1.54, 1.807) is 11.3 Å². The maximum Gasteiger partial charge on any atom is 0.133 e. The Hall–Kier alpha value is -0.700. The summed E-state index contributed by atoms with van der Waals surface area (Å²) in [5, 5.41) is 3.18. The Kier molecular flexibility index (Phi) is 2.74. The van der Waals surface area contributed by atoms with E-state index in [9.17, 15) is 4.79 Å². The van der Waals surface area contributed by atoms with Gasteiger partial charge in [0.25, 0.3) is 0 Å². The minimum absolute atomic E-state index is 0.438. The van der Waals surface area contributed by atoms with Crippen molar-refractivity contribution in [2.45, 2.75) is 32.1 Å². The molecule has 1 aliphatic carbocycles. The molecule has 0 aromatic carbocycles. The molecule has 1 fully saturated rings. The van der Waals surface area contributed by atoms with Crippen LogP contribution < -0.4 is 0 Å². The van der Waals surface area contributed by atoms with Gasteiger partial charge in [-0.2, -0.15) is 0 Å². The molecule has 1 saturated carbocycles. The van der Waals surface area contributed by atoms with Crippen LogP contribution in [0.5, 0.6) is 0 Å². The van der Waals surface area contributed by atoms with Crippen molar-refractivity contribution < 1.29 is 4.79 Å². The van der Waals surface area contributed by atoms with Crippen LogP contribution in [0.25, 0.3) is 0 Å². The first kappa shape index (κ1) is 8.88. The molecule has 0 N–H and O–H groups in total. The van der Waals surface area contributed by atoms with Gasteiger partial charge >= 0.3 is 0 Å². The lowest BCUT2D eigenvalue weighted by Gasteiger charge is -2.19. The van der Waals surface area contributed by atoms with Gasteiger partial charge in [0.1, 0.15) is 5.78 Å². The van der Waals surface area contributed by atoms with Gasteiger partial charge in [0.05, 0.1) is 5.01 Å². The van der Waals surface area contributed by atoms with E-state index in [0.717, 1.165) is 25.7 Å². The molecule has 13 heavy (non-hydrogen) atoms. The summed E-state index contributed by atoms with van der Waals surface area (Å²) in [5.41, 5.74) is 0. The van der Waals surface area contributed by atoms with Crippen molar-refractivity contribution in [1.29, 1.82) is 0 Å². The summed E-state index contributed by atoms with van der Waals surface area (Å²) in [5.74, 6) is 1.00. The molecule has 3 heteroatoms. The first-order valence-corrected chi connectivity index (χ1v) is 5.62. The highest BCUT2D eigenvalue weighted by Gasteiger charge is 2.20. The first-order chi connectivity index (χ1) is 6.34. The standard InChI is InChI=1S/C10H13NOS/c12-9-3-1-2-8(6-9)7-10-11-4-5-13-10/h4-5,8H,1-3,6-7H2. The SMILES string of the molecule is O=C1CCCC(Cc2nccs2)C1. The number of hydrogen-bond donors (Lipinski definition) is 0. The van der Waals surface area contributed by atoms with E-state index in [2.05, 4.69) is 4.98 Å². The average molecular weight is 195 g/mol. The van der Waals surface area contributed by atoms with Crippen molar-refractivity contribution in [3.63, 3.8) is 0 Å². The van der Waals surface area contributed by atoms with Gasteiger partial charge in [0, 0.05) is 30.8 Å². The number of nitrogens with zero attached hydrogens (tertiary/aromatic N) is 1. The minimum Gasteiger partial charge on any atom is -0.300 e.